The highest BCUT2D eigenvalue weighted by Crippen LogP contribution is 2.28. The first kappa shape index (κ1) is 16.5. The van der Waals surface area contributed by atoms with Crippen LogP contribution in [0.3, 0.4) is 0 Å². The van der Waals surface area contributed by atoms with Crippen LogP contribution in [0.25, 0.3) is 0 Å². The van der Waals surface area contributed by atoms with E-state index >= 15 is 0 Å². The quantitative estimate of drug-likeness (QED) is 0.854. The molecule has 0 bridgehead atoms. The van der Waals surface area contributed by atoms with Gasteiger partial charge in [0.05, 0.1) is 4.90 Å². The van der Waals surface area contributed by atoms with E-state index in [9.17, 15) is 8.42 Å². The second kappa shape index (κ2) is 6.61. The van der Waals surface area contributed by atoms with Crippen molar-refractivity contribution in [3.05, 3.63) is 65.2 Å². The lowest BCUT2D eigenvalue weighted by Crippen LogP contribution is -2.48. The molecule has 6 heteroatoms. The number of sulfonamides is 1. The minimum Gasteiger partial charge on any atom is -0.297 e. The highest BCUT2D eigenvalue weighted by atomic mass is 35.5. The van der Waals surface area contributed by atoms with Crippen LogP contribution in [0.15, 0.2) is 59.5 Å². The summed E-state index contributed by atoms with van der Waals surface area (Å²) in [6.45, 7) is 1.64. The molecule has 2 aromatic rings. The lowest BCUT2D eigenvalue weighted by atomic mass is 10.0. The maximum absolute atomic E-state index is 12.8. The molecule has 1 atom stereocenters. The van der Waals surface area contributed by atoms with Crippen LogP contribution < -0.4 is 0 Å². The number of halogens is 1. The van der Waals surface area contributed by atoms with Crippen molar-refractivity contribution in [2.24, 2.45) is 0 Å². The summed E-state index contributed by atoms with van der Waals surface area (Å²) >= 11 is 5.85. The molecule has 122 valence electrons. The van der Waals surface area contributed by atoms with E-state index in [-0.39, 0.29) is 6.04 Å². The molecule has 4 nitrogen and oxygen atoms in total. The summed E-state index contributed by atoms with van der Waals surface area (Å²) in [6, 6.07) is 16.4. The Bertz CT molecular complexity index is 763. The zero-order valence-electron chi connectivity index (χ0n) is 12.9. The van der Waals surface area contributed by atoms with Gasteiger partial charge in [-0.05, 0) is 36.9 Å². The number of nitrogens with zero attached hydrogens (tertiary/aromatic N) is 2. The molecule has 0 radical (unpaired) electrons. The van der Waals surface area contributed by atoms with Gasteiger partial charge < -0.3 is 0 Å². The van der Waals surface area contributed by atoms with Crippen LogP contribution in [0.5, 0.6) is 0 Å². The minimum atomic E-state index is -3.50. The predicted molar refractivity (Wildman–Crippen MR) is 92.0 cm³/mol. The summed E-state index contributed by atoms with van der Waals surface area (Å²) < 4.78 is 27.3. The second-order valence-electron chi connectivity index (χ2n) is 5.72. The Labute approximate surface area is 142 Å². The lowest BCUT2D eigenvalue weighted by Gasteiger charge is -2.39. The van der Waals surface area contributed by atoms with Gasteiger partial charge in [0.15, 0.2) is 0 Å². The van der Waals surface area contributed by atoms with Crippen LogP contribution in [0.1, 0.15) is 11.6 Å². The van der Waals surface area contributed by atoms with Gasteiger partial charge >= 0.3 is 0 Å². The third kappa shape index (κ3) is 3.43. The van der Waals surface area contributed by atoms with Crippen LogP contribution >= 0.6 is 11.6 Å². The van der Waals surface area contributed by atoms with Gasteiger partial charge in [-0.2, -0.15) is 4.31 Å². The summed E-state index contributed by atoms with van der Waals surface area (Å²) in [4.78, 5) is 2.49. The van der Waals surface area contributed by atoms with Gasteiger partial charge in [-0.15, -0.1) is 0 Å². The number of rotatable bonds is 3. The van der Waals surface area contributed by atoms with E-state index in [1.807, 2.05) is 37.4 Å². The summed E-state index contributed by atoms with van der Waals surface area (Å²) in [7, 11) is -1.46. The van der Waals surface area contributed by atoms with E-state index in [1.165, 1.54) is 0 Å². The Balaban J connectivity index is 1.87. The number of hydrogen-bond acceptors (Lipinski definition) is 3. The Hall–Kier alpha value is -1.40. The monoisotopic (exact) mass is 350 g/mol. The standard InChI is InChI=1S/C17H19ClN2O2S/c1-19-11-12-20(13-17(19)14-5-3-2-4-6-14)23(21,22)16-9-7-15(18)8-10-16/h2-10,17H,11-13H2,1H3/t17-/m0/s1. The molecule has 1 fully saturated rings. The fraction of sp³-hybridized carbons (Fsp3) is 0.294. The van der Waals surface area contributed by atoms with Gasteiger partial charge in [-0.25, -0.2) is 8.42 Å². The zero-order chi connectivity index (χ0) is 16.4. The molecule has 0 saturated carbocycles. The molecule has 1 aliphatic heterocycles. The molecule has 1 heterocycles. The molecule has 1 saturated heterocycles. The first-order valence-corrected chi connectivity index (χ1v) is 9.31. The van der Waals surface area contributed by atoms with Crippen molar-refractivity contribution in [1.29, 1.82) is 0 Å². The Morgan fingerprint density at radius 3 is 2.30 bits per heavy atom. The Morgan fingerprint density at radius 2 is 1.65 bits per heavy atom. The summed E-state index contributed by atoms with van der Waals surface area (Å²) in [5.41, 5.74) is 1.13. The molecule has 2 aromatic carbocycles. The van der Waals surface area contributed by atoms with Crippen LogP contribution in [0.2, 0.25) is 5.02 Å². The molecule has 0 N–H and O–H groups in total. The summed E-state index contributed by atoms with van der Waals surface area (Å²) in [5.74, 6) is 0. The largest absolute Gasteiger partial charge is 0.297 e. The fourth-order valence-electron chi connectivity index (χ4n) is 2.86. The number of benzene rings is 2. The van der Waals surface area contributed by atoms with Gasteiger partial charge in [-0.3, -0.25) is 4.90 Å². The summed E-state index contributed by atoms with van der Waals surface area (Å²) in [6.07, 6.45) is 0. The van der Waals surface area contributed by atoms with Crippen molar-refractivity contribution in [1.82, 2.24) is 9.21 Å². The normalized spacial score (nSPS) is 20.5. The average molecular weight is 351 g/mol. The lowest BCUT2D eigenvalue weighted by molar-refractivity contribution is 0.148. The third-order valence-corrected chi connectivity index (χ3v) is 6.38. The maximum atomic E-state index is 12.8. The van der Waals surface area contributed by atoms with Crippen molar-refractivity contribution in [3.63, 3.8) is 0 Å². The fourth-order valence-corrected chi connectivity index (χ4v) is 4.42. The molecule has 0 unspecified atom stereocenters. The molecule has 0 aliphatic carbocycles. The third-order valence-electron chi connectivity index (χ3n) is 4.25. The molecule has 3 rings (SSSR count). The van der Waals surface area contributed by atoms with Gasteiger partial charge in [-0.1, -0.05) is 41.9 Å². The van der Waals surface area contributed by atoms with Crippen molar-refractivity contribution in [2.75, 3.05) is 26.7 Å². The highest BCUT2D eigenvalue weighted by molar-refractivity contribution is 7.89. The van der Waals surface area contributed by atoms with Crippen LogP contribution in [0.4, 0.5) is 0 Å². The maximum Gasteiger partial charge on any atom is 0.243 e. The first-order chi connectivity index (χ1) is 11.0. The van der Waals surface area contributed by atoms with Crippen molar-refractivity contribution >= 4 is 21.6 Å². The molecule has 1 aliphatic rings. The van der Waals surface area contributed by atoms with Crippen molar-refractivity contribution in [2.45, 2.75) is 10.9 Å². The molecule has 23 heavy (non-hydrogen) atoms. The van der Waals surface area contributed by atoms with E-state index in [0.717, 1.165) is 5.56 Å². The SMILES string of the molecule is CN1CCN(S(=O)(=O)c2ccc(Cl)cc2)C[C@H]1c1ccccc1. The zero-order valence-corrected chi connectivity index (χ0v) is 14.5. The van der Waals surface area contributed by atoms with Gasteiger partial charge in [0.2, 0.25) is 10.0 Å². The van der Waals surface area contributed by atoms with Crippen LogP contribution in [0, 0.1) is 0 Å². The van der Waals surface area contributed by atoms with Crippen LogP contribution in [-0.4, -0.2) is 44.3 Å². The van der Waals surface area contributed by atoms with Gasteiger partial charge in [0.25, 0.3) is 0 Å². The topological polar surface area (TPSA) is 40.6 Å². The number of likely N-dealkylation sites (N-methyl/N-ethyl adjacent to an activating group) is 1. The number of piperazine rings is 1. The molecule has 0 amide bonds. The highest BCUT2D eigenvalue weighted by Gasteiger charge is 2.33. The first-order valence-electron chi connectivity index (χ1n) is 7.49. The van der Waals surface area contributed by atoms with E-state index in [1.54, 1.807) is 28.6 Å². The van der Waals surface area contributed by atoms with Crippen LogP contribution in [-0.2, 0) is 10.0 Å². The second-order valence-corrected chi connectivity index (χ2v) is 8.10. The van der Waals surface area contributed by atoms with E-state index < -0.39 is 10.0 Å². The van der Waals surface area contributed by atoms with Crippen molar-refractivity contribution < 1.29 is 8.42 Å². The van der Waals surface area contributed by atoms with E-state index in [4.69, 9.17) is 11.6 Å². The van der Waals surface area contributed by atoms with Gasteiger partial charge in [0, 0.05) is 30.7 Å². The van der Waals surface area contributed by atoms with Gasteiger partial charge in [0.1, 0.15) is 0 Å². The summed E-state index contributed by atoms with van der Waals surface area (Å²) in [5, 5.41) is 0.532. The molecule has 0 aromatic heterocycles. The van der Waals surface area contributed by atoms with E-state index in [2.05, 4.69) is 4.90 Å². The Kier molecular flexibility index (Phi) is 4.73. The average Bonchev–Trinajstić information content (AvgIpc) is 2.56. The van der Waals surface area contributed by atoms with E-state index in [0.29, 0.717) is 29.6 Å². The Morgan fingerprint density at radius 1 is 1.00 bits per heavy atom. The molecular formula is C17H19ClN2O2S. The minimum absolute atomic E-state index is 0.0621. The molecule has 0 spiro atoms. The number of hydrogen-bond donors (Lipinski definition) is 0. The molecular weight excluding hydrogens is 332 g/mol. The smallest absolute Gasteiger partial charge is 0.243 e. The predicted octanol–water partition coefficient (Wildman–Crippen LogP) is 3.02. The van der Waals surface area contributed by atoms with Crippen molar-refractivity contribution in [3.8, 4) is 0 Å².